The molecule has 3 nitrogen and oxygen atoms in total. The van der Waals surface area contributed by atoms with Gasteiger partial charge < -0.3 is 11.1 Å². The number of hydrogen-bond donors (Lipinski definition) is 2. The standard InChI is InChI=1S/C14H18N2O/c15-12-8-7-11-10(12)5-2-6-13(11)16-14(17)9-3-1-4-9/h2,5-6,9,12H,1,3-4,7-8,15H2,(H,16,17). The monoisotopic (exact) mass is 230 g/mol. The highest BCUT2D eigenvalue weighted by Gasteiger charge is 2.27. The maximum absolute atomic E-state index is 11.9. The lowest BCUT2D eigenvalue weighted by Crippen LogP contribution is -2.28. The topological polar surface area (TPSA) is 55.1 Å². The van der Waals surface area contributed by atoms with Crippen LogP contribution in [0.4, 0.5) is 5.69 Å². The van der Waals surface area contributed by atoms with Crippen molar-refractivity contribution in [2.24, 2.45) is 11.7 Å². The zero-order valence-electron chi connectivity index (χ0n) is 9.91. The van der Waals surface area contributed by atoms with Gasteiger partial charge in [-0.15, -0.1) is 0 Å². The Kier molecular flexibility index (Phi) is 2.63. The van der Waals surface area contributed by atoms with Gasteiger partial charge in [-0.2, -0.15) is 0 Å². The molecule has 1 aromatic rings. The number of hydrogen-bond acceptors (Lipinski definition) is 2. The van der Waals surface area contributed by atoms with Crippen LogP contribution in [0.1, 0.15) is 42.9 Å². The second-order valence-electron chi connectivity index (χ2n) is 5.14. The average molecular weight is 230 g/mol. The molecule has 0 bridgehead atoms. The Hall–Kier alpha value is -1.35. The van der Waals surface area contributed by atoms with Gasteiger partial charge in [0.15, 0.2) is 0 Å². The molecule has 3 N–H and O–H groups in total. The summed E-state index contributed by atoms with van der Waals surface area (Å²) in [5.74, 6) is 0.422. The smallest absolute Gasteiger partial charge is 0.227 e. The van der Waals surface area contributed by atoms with Crippen LogP contribution in [-0.2, 0) is 11.2 Å². The fourth-order valence-electron chi connectivity index (χ4n) is 2.71. The molecule has 2 aliphatic rings. The van der Waals surface area contributed by atoms with Crippen LogP contribution in [0.25, 0.3) is 0 Å². The molecule has 0 radical (unpaired) electrons. The lowest BCUT2D eigenvalue weighted by Gasteiger charge is -2.24. The first-order chi connectivity index (χ1) is 8.25. The zero-order chi connectivity index (χ0) is 11.8. The quantitative estimate of drug-likeness (QED) is 0.819. The average Bonchev–Trinajstić information content (AvgIpc) is 2.59. The van der Waals surface area contributed by atoms with Crippen LogP contribution in [0, 0.1) is 5.92 Å². The lowest BCUT2D eigenvalue weighted by molar-refractivity contribution is -0.122. The van der Waals surface area contributed by atoms with Crippen molar-refractivity contribution in [3.63, 3.8) is 0 Å². The van der Waals surface area contributed by atoms with Gasteiger partial charge in [-0.05, 0) is 42.9 Å². The molecule has 0 saturated heterocycles. The number of nitrogens with one attached hydrogen (secondary N) is 1. The molecule has 1 aromatic carbocycles. The molecule has 17 heavy (non-hydrogen) atoms. The maximum Gasteiger partial charge on any atom is 0.227 e. The number of amides is 1. The molecule has 1 unspecified atom stereocenters. The van der Waals surface area contributed by atoms with Gasteiger partial charge in [0.1, 0.15) is 0 Å². The molecule has 90 valence electrons. The predicted octanol–water partition coefficient (Wildman–Crippen LogP) is 2.37. The number of fused-ring (bicyclic) bond motifs is 1. The van der Waals surface area contributed by atoms with E-state index in [9.17, 15) is 4.79 Å². The van der Waals surface area contributed by atoms with Crippen molar-refractivity contribution in [2.45, 2.75) is 38.1 Å². The summed E-state index contributed by atoms with van der Waals surface area (Å²) >= 11 is 0. The highest BCUT2D eigenvalue weighted by Crippen LogP contribution is 2.35. The van der Waals surface area contributed by atoms with Crippen molar-refractivity contribution in [2.75, 3.05) is 5.32 Å². The van der Waals surface area contributed by atoms with Crippen molar-refractivity contribution < 1.29 is 4.79 Å². The number of carbonyl (C=O) groups is 1. The third-order valence-corrected chi connectivity index (χ3v) is 4.05. The van der Waals surface area contributed by atoms with E-state index in [1.54, 1.807) is 0 Å². The van der Waals surface area contributed by atoms with Crippen LogP contribution >= 0.6 is 0 Å². The molecule has 1 saturated carbocycles. The van der Waals surface area contributed by atoms with Gasteiger partial charge >= 0.3 is 0 Å². The Balaban J connectivity index is 1.81. The van der Waals surface area contributed by atoms with Gasteiger partial charge in [-0.1, -0.05) is 18.6 Å². The summed E-state index contributed by atoms with van der Waals surface area (Å²) in [6, 6.07) is 6.20. The van der Waals surface area contributed by atoms with Gasteiger partial charge in [-0.25, -0.2) is 0 Å². The van der Waals surface area contributed by atoms with E-state index in [0.29, 0.717) is 0 Å². The highest BCUT2D eigenvalue weighted by atomic mass is 16.1. The third-order valence-electron chi connectivity index (χ3n) is 4.05. The molecule has 0 aromatic heterocycles. The van der Waals surface area contributed by atoms with Crippen LogP contribution in [0.2, 0.25) is 0 Å². The Morgan fingerprint density at radius 3 is 2.82 bits per heavy atom. The molecule has 0 spiro atoms. The molecular weight excluding hydrogens is 212 g/mol. The van der Waals surface area contributed by atoms with E-state index < -0.39 is 0 Å². The number of anilines is 1. The largest absolute Gasteiger partial charge is 0.326 e. The number of carbonyl (C=O) groups excluding carboxylic acids is 1. The maximum atomic E-state index is 11.9. The number of benzene rings is 1. The van der Waals surface area contributed by atoms with Crippen molar-refractivity contribution in [1.29, 1.82) is 0 Å². The van der Waals surface area contributed by atoms with E-state index in [-0.39, 0.29) is 17.9 Å². The lowest BCUT2D eigenvalue weighted by atomic mass is 9.84. The highest BCUT2D eigenvalue weighted by molar-refractivity contribution is 5.94. The van der Waals surface area contributed by atoms with Crippen molar-refractivity contribution in [3.8, 4) is 0 Å². The van der Waals surface area contributed by atoms with Crippen molar-refractivity contribution in [3.05, 3.63) is 29.3 Å². The van der Waals surface area contributed by atoms with Crippen LogP contribution in [0.15, 0.2) is 18.2 Å². The van der Waals surface area contributed by atoms with Crippen LogP contribution in [0.5, 0.6) is 0 Å². The molecule has 0 aliphatic heterocycles. The SMILES string of the molecule is NC1CCc2c(NC(=O)C3CCC3)cccc21. The Labute approximate surface area is 101 Å². The van der Waals surface area contributed by atoms with Gasteiger partial charge in [0.2, 0.25) is 5.91 Å². The van der Waals surface area contributed by atoms with Crippen LogP contribution in [0.3, 0.4) is 0 Å². The summed E-state index contributed by atoms with van der Waals surface area (Å²) in [5.41, 5.74) is 9.46. The normalized spacial score (nSPS) is 23.0. The van der Waals surface area contributed by atoms with Gasteiger partial charge in [0.25, 0.3) is 0 Å². The minimum Gasteiger partial charge on any atom is -0.326 e. The molecule has 2 aliphatic carbocycles. The van der Waals surface area contributed by atoms with E-state index in [2.05, 4.69) is 11.4 Å². The predicted molar refractivity (Wildman–Crippen MR) is 67.7 cm³/mol. The van der Waals surface area contributed by atoms with E-state index in [1.807, 2.05) is 12.1 Å². The molecule has 0 heterocycles. The first-order valence-corrected chi connectivity index (χ1v) is 6.44. The fourth-order valence-corrected chi connectivity index (χ4v) is 2.71. The van der Waals surface area contributed by atoms with Crippen molar-refractivity contribution in [1.82, 2.24) is 0 Å². The van der Waals surface area contributed by atoms with E-state index in [1.165, 1.54) is 17.5 Å². The Morgan fingerprint density at radius 1 is 1.29 bits per heavy atom. The molecule has 3 heteroatoms. The first kappa shape index (κ1) is 10.8. The summed E-state index contributed by atoms with van der Waals surface area (Å²) in [6.45, 7) is 0. The molecule has 1 amide bonds. The number of rotatable bonds is 2. The second kappa shape index (κ2) is 4.15. The van der Waals surface area contributed by atoms with Crippen LogP contribution < -0.4 is 11.1 Å². The molecule has 1 fully saturated rings. The summed E-state index contributed by atoms with van der Waals surface area (Å²) in [7, 11) is 0. The van der Waals surface area contributed by atoms with Gasteiger partial charge in [0.05, 0.1) is 0 Å². The van der Waals surface area contributed by atoms with Gasteiger partial charge in [-0.3, -0.25) is 4.79 Å². The molecule has 1 atom stereocenters. The summed E-state index contributed by atoms with van der Waals surface area (Å²) < 4.78 is 0. The number of nitrogens with two attached hydrogens (primary N) is 1. The van der Waals surface area contributed by atoms with Crippen molar-refractivity contribution >= 4 is 11.6 Å². The second-order valence-corrected chi connectivity index (χ2v) is 5.14. The van der Waals surface area contributed by atoms with E-state index in [0.717, 1.165) is 31.4 Å². The fraction of sp³-hybridized carbons (Fsp3) is 0.500. The van der Waals surface area contributed by atoms with E-state index >= 15 is 0 Å². The first-order valence-electron chi connectivity index (χ1n) is 6.44. The summed E-state index contributed by atoms with van der Waals surface area (Å²) in [5, 5.41) is 3.07. The third kappa shape index (κ3) is 1.84. The zero-order valence-corrected chi connectivity index (χ0v) is 9.91. The minimum atomic E-state index is 0.144. The summed E-state index contributed by atoms with van der Waals surface area (Å²) in [6.07, 6.45) is 5.25. The molecule has 3 rings (SSSR count). The summed E-state index contributed by atoms with van der Waals surface area (Å²) in [4.78, 5) is 11.9. The van der Waals surface area contributed by atoms with Crippen LogP contribution in [-0.4, -0.2) is 5.91 Å². The molecular formula is C14H18N2O. The van der Waals surface area contributed by atoms with Gasteiger partial charge in [0, 0.05) is 17.6 Å². The van der Waals surface area contributed by atoms with E-state index in [4.69, 9.17) is 5.73 Å². The minimum absolute atomic E-state index is 0.144. The Bertz CT molecular complexity index is 452. The Morgan fingerprint density at radius 2 is 2.12 bits per heavy atom.